The maximum absolute atomic E-state index is 13.0. The molecule has 0 aliphatic rings. The first-order chi connectivity index (χ1) is 12.0. The van der Waals surface area contributed by atoms with E-state index in [1.807, 2.05) is 30.3 Å². The van der Waals surface area contributed by atoms with Crippen molar-refractivity contribution in [3.63, 3.8) is 0 Å². The van der Waals surface area contributed by atoms with Crippen LogP contribution in [0.15, 0.2) is 78.2 Å². The largest absolute Gasteiger partial charge is 0.468 e. The molecular formula is C20H22O4S. The number of rotatable bonds is 8. The van der Waals surface area contributed by atoms with Gasteiger partial charge in [-0.05, 0) is 30.5 Å². The van der Waals surface area contributed by atoms with Gasteiger partial charge in [0.15, 0.2) is 15.1 Å². The zero-order chi connectivity index (χ0) is 18.3. The van der Waals surface area contributed by atoms with Gasteiger partial charge in [-0.1, -0.05) is 54.6 Å². The molecule has 1 unspecified atom stereocenters. The van der Waals surface area contributed by atoms with Gasteiger partial charge in [-0.2, -0.15) is 0 Å². The van der Waals surface area contributed by atoms with Crippen molar-refractivity contribution in [2.24, 2.45) is 5.92 Å². The number of sulfone groups is 1. The van der Waals surface area contributed by atoms with Crippen molar-refractivity contribution >= 4 is 15.8 Å². The minimum Gasteiger partial charge on any atom is -0.468 e. The Labute approximate surface area is 149 Å². The van der Waals surface area contributed by atoms with Crippen molar-refractivity contribution in [1.29, 1.82) is 0 Å². The summed E-state index contributed by atoms with van der Waals surface area (Å²) in [6.07, 6.45) is 2.67. The van der Waals surface area contributed by atoms with Gasteiger partial charge >= 0.3 is 5.97 Å². The van der Waals surface area contributed by atoms with E-state index in [1.54, 1.807) is 18.2 Å². The van der Waals surface area contributed by atoms with Crippen LogP contribution in [0.25, 0.3) is 0 Å². The second-order valence-corrected chi connectivity index (χ2v) is 7.79. The monoisotopic (exact) mass is 358 g/mol. The maximum Gasteiger partial charge on any atom is 0.325 e. The van der Waals surface area contributed by atoms with Crippen LogP contribution in [0.5, 0.6) is 0 Å². The molecule has 0 aliphatic heterocycles. The number of ether oxygens (including phenoxy) is 1. The molecule has 0 heterocycles. The van der Waals surface area contributed by atoms with Gasteiger partial charge in [-0.25, -0.2) is 8.42 Å². The quantitative estimate of drug-likeness (QED) is 0.536. The Morgan fingerprint density at radius 3 is 2.16 bits per heavy atom. The van der Waals surface area contributed by atoms with Gasteiger partial charge in [0.05, 0.1) is 12.0 Å². The molecule has 25 heavy (non-hydrogen) atoms. The summed E-state index contributed by atoms with van der Waals surface area (Å²) in [5, 5.41) is -1.30. The third-order valence-electron chi connectivity index (χ3n) is 4.14. The maximum atomic E-state index is 13.0. The minimum atomic E-state index is -3.87. The van der Waals surface area contributed by atoms with Gasteiger partial charge in [0.1, 0.15) is 0 Å². The van der Waals surface area contributed by atoms with E-state index in [0.29, 0.717) is 12.8 Å². The normalized spacial score (nSPS) is 13.6. The van der Waals surface area contributed by atoms with Crippen LogP contribution >= 0.6 is 0 Å². The lowest BCUT2D eigenvalue weighted by molar-refractivity contribution is -0.140. The van der Waals surface area contributed by atoms with Gasteiger partial charge in [-0.3, -0.25) is 4.79 Å². The number of allylic oxidation sites excluding steroid dienone is 1. The highest BCUT2D eigenvalue weighted by Crippen LogP contribution is 2.27. The molecule has 0 fully saturated rings. The summed E-state index contributed by atoms with van der Waals surface area (Å²) in [5.74, 6) is -1.31. The number of methoxy groups -OCH3 is 1. The van der Waals surface area contributed by atoms with Gasteiger partial charge < -0.3 is 4.74 Å². The number of aryl methyl sites for hydroxylation is 1. The lowest BCUT2D eigenvalue weighted by Gasteiger charge is -2.22. The third kappa shape index (κ3) is 4.57. The molecule has 132 valence electrons. The molecular weight excluding hydrogens is 336 g/mol. The molecule has 0 N–H and O–H groups in total. The van der Waals surface area contributed by atoms with Crippen LogP contribution in [0.4, 0.5) is 0 Å². The van der Waals surface area contributed by atoms with Crippen molar-refractivity contribution in [3.8, 4) is 0 Å². The summed E-state index contributed by atoms with van der Waals surface area (Å²) >= 11 is 0. The first kappa shape index (κ1) is 18.9. The van der Waals surface area contributed by atoms with E-state index in [9.17, 15) is 13.2 Å². The van der Waals surface area contributed by atoms with E-state index in [1.165, 1.54) is 25.3 Å². The van der Waals surface area contributed by atoms with E-state index in [-0.39, 0.29) is 4.90 Å². The predicted molar refractivity (Wildman–Crippen MR) is 97.9 cm³/mol. The van der Waals surface area contributed by atoms with E-state index in [0.717, 1.165) is 5.56 Å². The van der Waals surface area contributed by atoms with E-state index < -0.39 is 27.0 Å². The highest BCUT2D eigenvalue weighted by atomic mass is 32.2. The Balaban J connectivity index is 2.31. The second kappa shape index (κ2) is 8.62. The average molecular weight is 358 g/mol. The zero-order valence-corrected chi connectivity index (χ0v) is 15.0. The summed E-state index contributed by atoms with van der Waals surface area (Å²) in [6, 6.07) is 17.7. The lowest BCUT2D eigenvalue weighted by Crippen LogP contribution is -2.38. The Kier molecular flexibility index (Phi) is 6.53. The Hall–Kier alpha value is -2.40. The molecule has 5 heteroatoms. The molecule has 0 aromatic heterocycles. The van der Waals surface area contributed by atoms with Crippen LogP contribution in [-0.4, -0.2) is 26.7 Å². The summed E-state index contributed by atoms with van der Waals surface area (Å²) in [6.45, 7) is 3.75. The van der Waals surface area contributed by atoms with Crippen LogP contribution in [0.3, 0.4) is 0 Å². The molecule has 2 rings (SSSR count). The predicted octanol–water partition coefficient (Wildman–Crippen LogP) is 3.44. The standard InChI is InChI=1S/C20H22O4S/c1-3-17(15-14-16-10-6-4-7-11-16)19(20(21)24-2)25(22,23)18-12-8-5-9-13-18/h3-13,17,19H,1,14-15H2,2H3/t17-,19?/m0/s1. The summed E-state index contributed by atoms with van der Waals surface area (Å²) < 4.78 is 30.8. The Morgan fingerprint density at radius 1 is 1.08 bits per heavy atom. The van der Waals surface area contributed by atoms with Gasteiger partial charge in [0, 0.05) is 5.92 Å². The van der Waals surface area contributed by atoms with Crippen molar-refractivity contribution < 1.29 is 17.9 Å². The van der Waals surface area contributed by atoms with Crippen molar-refractivity contribution in [2.45, 2.75) is 23.0 Å². The first-order valence-electron chi connectivity index (χ1n) is 8.04. The molecule has 4 nitrogen and oxygen atoms in total. The fourth-order valence-electron chi connectivity index (χ4n) is 2.78. The van der Waals surface area contributed by atoms with Crippen LogP contribution < -0.4 is 0 Å². The molecule has 0 amide bonds. The number of carbonyl (C=O) groups excluding carboxylic acids is 1. The van der Waals surface area contributed by atoms with E-state index in [2.05, 4.69) is 6.58 Å². The van der Waals surface area contributed by atoms with E-state index in [4.69, 9.17) is 4.74 Å². The van der Waals surface area contributed by atoms with E-state index >= 15 is 0 Å². The van der Waals surface area contributed by atoms with Crippen molar-refractivity contribution in [1.82, 2.24) is 0 Å². The van der Waals surface area contributed by atoms with Crippen molar-refractivity contribution in [2.75, 3.05) is 7.11 Å². The molecule has 0 saturated carbocycles. The molecule has 2 atom stereocenters. The van der Waals surface area contributed by atoms with Crippen LogP contribution in [0.1, 0.15) is 12.0 Å². The topological polar surface area (TPSA) is 60.4 Å². The molecule has 0 radical (unpaired) electrons. The third-order valence-corrected chi connectivity index (χ3v) is 6.28. The molecule has 2 aromatic carbocycles. The molecule has 0 saturated heterocycles. The number of benzene rings is 2. The number of hydrogen-bond donors (Lipinski definition) is 0. The fourth-order valence-corrected chi connectivity index (χ4v) is 4.66. The molecule has 0 aliphatic carbocycles. The molecule has 0 spiro atoms. The second-order valence-electron chi connectivity index (χ2n) is 5.73. The molecule has 2 aromatic rings. The first-order valence-corrected chi connectivity index (χ1v) is 9.58. The molecule has 0 bridgehead atoms. The Morgan fingerprint density at radius 2 is 1.64 bits per heavy atom. The number of carbonyl (C=O) groups is 1. The zero-order valence-electron chi connectivity index (χ0n) is 14.2. The lowest BCUT2D eigenvalue weighted by atomic mass is 9.96. The number of esters is 1. The highest BCUT2D eigenvalue weighted by molar-refractivity contribution is 7.92. The van der Waals surface area contributed by atoms with Crippen LogP contribution in [-0.2, 0) is 25.8 Å². The SMILES string of the molecule is C=C[C@@H](CCc1ccccc1)C(C(=O)OC)S(=O)(=O)c1ccccc1. The average Bonchev–Trinajstić information content (AvgIpc) is 2.65. The van der Waals surface area contributed by atoms with Crippen LogP contribution in [0.2, 0.25) is 0 Å². The summed E-state index contributed by atoms with van der Waals surface area (Å²) in [5.41, 5.74) is 1.08. The fraction of sp³-hybridized carbons (Fsp3) is 0.250. The smallest absolute Gasteiger partial charge is 0.325 e. The highest BCUT2D eigenvalue weighted by Gasteiger charge is 2.40. The summed E-state index contributed by atoms with van der Waals surface area (Å²) in [7, 11) is -2.67. The van der Waals surface area contributed by atoms with Crippen LogP contribution in [0, 0.1) is 5.92 Å². The minimum absolute atomic E-state index is 0.108. The number of hydrogen-bond acceptors (Lipinski definition) is 4. The van der Waals surface area contributed by atoms with Gasteiger partial charge in [0.2, 0.25) is 0 Å². The summed E-state index contributed by atoms with van der Waals surface area (Å²) in [4.78, 5) is 12.4. The van der Waals surface area contributed by atoms with Gasteiger partial charge in [-0.15, -0.1) is 6.58 Å². The van der Waals surface area contributed by atoms with Gasteiger partial charge in [0.25, 0.3) is 0 Å². The van der Waals surface area contributed by atoms with Crippen molar-refractivity contribution in [3.05, 3.63) is 78.9 Å². The Bertz CT molecular complexity index is 798.